The van der Waals surface area contributed by atoms with Crippen LogP contribution in [0.1, 0.15) is 40.9 Å². The first-order chi connectivity index (χ1) is 12.2. The number of hydrogen-bond acceptors (Lipinski definition) is 3. The number of rotatable bonds is 3. The summed E-state index contributed by atoms with van der Waals surface area (Å²) in [6.45, 7) is 3.10. The zero-order valence-electron chi connectivity index (χ0n) is 14.5. The third kappa shape index (κ3) is 2.66. The SMILES string of the molecule is CC1C(CCO)C2c3ccccc3CCN2N1C(=O)c1ccccc1. The van der Waals surface area contributed by atoms with Gasteiger partial charge in [-0.2, -0.15) is 0 Å². The Kier molecular flexibility index (Phi) is 4.32. The van der Waals surface area contributed by atoms with Crippen LogP contribution in [0, 0.1) is 5.92 Å². The quantitative estimate of drug-likeness (QED) is 0.937. The highest BCUT2D eigenvalue weighted by Gasteiger charge is 2.49. The van der Waals surface area contributed by atoms with Crippen molar-refractivity contribution in [2.45, 2.75) is 31.8 Å². The Morgan fingerprint density at radius 2 is 1.84 bits per heavy atom. The standard InChI is InChI=1S/C21H24N2O2/c1-15-18(12-14-24)20-19-10-6-5-7-16(19)11-13-22(20)23(15)21(25)17-8-3-2-4-9-17/h2-10,15,18,20,24H,11-14H2,1H3. The molecule has 0 aliphatic carbocycles. The van der Waals surface area contributed by atoms with Crippen molar-refractivity contribution in [1.82, 2.24) is 10.0 Å². The van der Waals surface area contributed by atoms with Gasteiger partial charge < -0.3 is 5.11 Å². The Balaban J connectivity index is 1.74. The third-order valence-electron chi connectivity index (χ3n) is 5.68. The van der Waals surface area contributed by atoms with Crippen LogP contribution in [0.2, 0.25) is 0 Å². The summed E-state index contributed by atoms with van der Waals surface area (Å²) in [5.74, 6) is 0.289. The predicted molar refractivity (Wildman–Crippen MR) is 96.9 cm³/mol. The molecular formula is C21H24N2O2. The zero-order chi connectivity index (χ0) is 17.4. The van der Waals surface area contributed by atoms with Crippen LogP contribution >= 0.6 is 0 Å². The molecule has 0 radical (unpaired) electrons. The van der Waals surface area contributed by atoms with Gasteiger partial charge in [0.2, 0.25) is 0 Å². The van der Waals surface area contributed by atoms with Crippen LogP contribution < -0.4 is 0 Å². The van der Waals surface area contributed by atoms with E-state index < -0.39 is 0 Å². The molecule has 4 nitrogen and oxygen atoms in total. The number of aliphatic hydroxyl groups is 1. The van der Waals surface area contributed by atoms with Gasteiger partial charge in [0.1, 0.15) is 0 Å². The number of amides is 1. The molecule has 2 aliphatic rings. The van der Waals surface area contributed by atoms with E-state index in [0.717, 1.165) is 18.5 Å². The van der Waals surface area contributed by atoms with Crippen molar-refractivity contribution in [3.8, 4) is 0 Å². The van der Waals surface area contributed by atoms with Gasteiger partial charge in [-0.25, -0.2) is 5.01 Å². The molecule has 1 saturated heterocycles. The van der Waals surface area contributed by atoms with E-state index >= 15 is 0 Å². The van der Waals surface area contributed by atoms with Gasteiger partial charge in [0.25, 0.3) is 5.91 Å². The molecule has 3 unspecified atom stereocenters. The van der Waals surface area contributed by atoms with Crippen LogP contribution in [-0.4, -0.2) is 40.2 Å². The van der Waals surface area contributed by atoms with E-state index in [1.807, 2.05) is 35.3 Å². The molecule has 3 atom stereocenters. The minimum Gasteiger partial charge on any atom is -0.396 e. The van der Waals surface area contributed by atoms with Crippen LogP contribution in [0.4, 0.5) is 0 Å². The van der Waals surface area contributed by atoms with Gasteiger partial charge in [-0.1, -0.05) is 42.5 Å². The smallest absolute Gasteiger partial charge is 0.268 e. The number of carbonyl (C=O) groups excluding carboxylic acids is 1. The molecule has 1 amide bonds. The van der Waals surface area contributed by atoms with Crippen LogP contribution in [0.25, 0.3) is 0 Å². The van der Waals surface area contributed by atoms with Crippen molar-refractivity contribution in [1.29, 1.82) is 0 Å². The summed E-state index contributed by atoms with van der Waals surface area (Å²) < 4.78 is 0. The van der Waals surface area contributed by atoms with Crippen LogP contribution in [-0.2, 0) is 6.42 Å². The lowest BCUT2D eigenvalue weighted by Gasteiger charge is -2.38. The summed E-state index contributed by atoms with van der Waals surface area (Å²) in [5.41, 5.74) is 3.40. The second kappa shape index (κ2) is 6.62. The molecule has 25 heavy (non-hydrogen) atoms. The molecule has 0 spiro atoms. The second-order valence-corrected chi connectivity index (χ2v) is 6.99. The van der Waals surface area contributed by atoms with Crippen LogP contribution in [0.3, 0.4) is 0 Å². The lowest BCUT2D eigenvalue weighted by molar-refractivity contribution is -0.0127. The van der Waals surface area contributed by atoms with E-state index in [0.29, 0.717) is 6.42 Å². The maximum absolute atomic E-state index is 13.2. The molecule has 1 N–H and O–H groups in total. The first-order valence-electron chi connectivity index (χ1n) is 9.06. The van der Waals surface area contributed by atoms with Crippen molar-refractivity contribution in [3.05, 3.63) is 71.3 Å². The van der Waals surface area contributed by atoms with Crippen molar-refractivity contribution < 1.29 is 9.90 Å². The number of carbonyl (C=O) groups is 1. The molecule has 2 aliphatic heterocycles. The van der Waals surface area contributed by atoms with Gasteiger partial charge >= 0.3 is 0 Å². The molecule has 2 aromatic rings. The normalized spacial score (nSPS) is 25.5. The number of fused-ring (bicyclic) bond motifs is 3. The lowest BCUT2D eigenvalue weighted by atomic mass is 9.83. The highest BCUT2D eigenvalue weighted by Crippen LogP contribution is 2.46. The molecule has 0 saturated carbocycles. The summed E-state index contributed by atoms with van der Waals surface area (Å²) in [7, 11) is 0. The molecule has 130 valence electrons. The van der Waals surface area contributed by atoms with E-state index in [1.165, 1.54) is 11.1 Å². The largest absolute Gasteiger partial charge is 0.396 e. The Morgan fingerprint density at radius 1 is 1.12 bits per heavy atom. The molecular weight excluding hydrogens is 312 g/mol. The summed E-state index contributed by atoms with van der Waals surface area (Å²) in [5, 5.41) is 13.8. The summed E-state index contributed by atoms with van der Waals surface area (Å²) in [6, 6.07) is 18.3. The minimum absolute atomic E-state index is 0.0536. The van der Waals surface area contributed by atoms with Gasteiger partial charge in [-0.3, -0.25) is 9.80 Å². The van der Waals surface area contributed by atoms with Gasteiger partial charge in [0, 0.05) is 24.6 Å². The molecule has 4 heteroatoms. The average Bonchev–Trinajstić information content (AvgIpc) is 2.94. The third-order valence-corrected chi connectivity index (χ3v) is 5.68. The fraction of sp³-hybridized carbons (Fsp3) is 0.381. The summed E-state index contributed by atoms with van der Waals surface area (Å²) in [4.78, 5) is 13.2. The number of hydrogen-bond donors (Lipinski definition) is 1. The van der Waals surface area contributed by atoms with Crippen LogP contribution in [0.5, 0.6) is 0 Å². The van der Waals surface area contributed by atoms with Gasteiger partial charge in [-0.15, -0.1) is 0 Å². The number of benzene rings is 2. The zero-order valence-corrected chi connectivity index (χ0v) is 14.5. The maximum Gasteiger partial charge on any atom is 0.268 e. The van der Waals surface area contributed by atoms with Crippen molar-refractivity contribution in [2.24, 2.45) is 5.92 Å². The van der Waals surface area contributed by atoms with E-state index in [1.54, 1.807) is 0 Å². The van der Waals surface area contributed by atoms with Crippen molar-refractivity contribution in [3.63, 3.8) is 0 Å². The highest BCUT2D eigenvalue weighted by atomic mass is 16.3. The van der Waals surface area contributed by atoms with E-state index in [-0.39, 0.29) is 30.5 Å². The van der Waals surface area contributed by atoms with E-state index in [9.17, 15) is 9.90 Å². The van der Waals surface area contributed by atoms with Gasteiger partial charge in [-0.05, 0) is 43.0 Å². The van der Waals surface area contributed by atoms with Gasteiger partial charge in [0.15, 0.2) is 0 Å². The molecule has 2 aromatic carbocycles. The Morgan fingerprint density at radius 3 is 2.60 bits per heavy atom. The average molecular weight is 336 g/mol. The monoisotopic (exact) mass is 336 g/mol. The molecule has 1 fully saturated rings. The summed E-state index contributed by atoms with van der Waals surface area (Å²) in [6.07, 6.45) is 1.65. The van der Waals surface area contributed by atoms with E-state index in [2.05, 4.69) is 36.2 Å². The fourth-order valence-electron chi connectivity index (χ4n) is 4.52. The number of aliphatic hydroxyl groups excluding tert-OH is 1. The Labute approximate surface area is 148 Å². The molecule has 0 bridgehead atoms. The van der Waals surface area contributed by atoms with Gasteiger partial charge in [0.05, 0.1) is 12.1 Å². The summed E-state index contributed by atoms with van der Waals surface area (Å²) >= 11 is 0. The second-order valence-electron chi connectivity index (χ2n) is 6.99. The molecule has 4 rings (SSSR count). The van der Waals surface area contributed by atoms with Crippen molar-refractivity contribution >= 4 is 5.91 Å². The Bertz CT molecular complexity index is 762. The topological polar surface area (TPSA) is 43.8 Å². The minimum atomic E-state index is 0.0536. The highest BCUT2D eigenvalue weighted by molar-refractivity contribution is 5.94. The molecule has 0 aromatic heterocycles. The molecule has 2 heterocycles. The first-order valence-corrected chi connectivity index (χ1v) is 9.06. The fourth-order valence-corrected chi connectivity index (χ4v) is 4.52. The van der Waals surface area contributed by atoms with Crippen molar-refractivity contribution in [2.75, 3.05) is 13.2 Å². The lowest BCUT2D eigenvalue weighted by Crippen LogP contribution is -2.47. The first kappa shape index (κ1) is 16.3. The maximum atomic E-state index is 13.2. The Hall–Kier alpha value is -2.17. The van der Waals surface area contributed by atoms with Crippen LogP contribution in [0.15, 0.2) is 54.6 Å². The van der Waals surface area contributed by atoms with E-state index in [4.69, 9.17) is 0 Å². The predicted octanol–water partition coefficient (Wildman–Crippen LogP) is 3.04. The number of nitrogens with zero attached hydrogens (tertiary/aromatic N) is 2. The number of hydrazine groups is 1.